The SMILES string of the molecule is O=C(Nc1cccc2cccnc12)C(=O)N1CCC(c2cccc(F)c2)C1. The van der Waals surface area contributed by atoms with Crippen molar-refractivity contribution in [3.63, 3.8) is 0 Å². The van der Waals surface area contributed by atoms with E-state index < -0.39 is 11.8 Å². The minimum absolute atomic E-state index is 0.0386. The molecule has 1 unspecified atom stereocenters. The lowest BCUT2D eigenvalue weighted by Crippen LogP contribution is -2.38. The number of hydrogen-bond donors (Lipinski definition) is 1. The fourth-order valence-corrected chi connectivity index (χ4v) is 3.50. The van der Waals surface area contributed by atoms with E-state index in [4.69, 9.17) is 0 Å². The van der Waals surface area contributed by atoms with Gasteiger partial charge in [-0.05, 0) is 36.2 Å². The van der Waals surface area contributed by atoms with Gasteiger partial charge < -0.3 is 10.2 Å². The van der Waals surface area contributed by atoms with E-state index in [0.29, 0.717) is 30.7 Å². The molecule has 2 aromatic carbocycles. The van der Waals surface area contributed by atoms with Crippen molar-refractivity contribution in [2.45, 2.75) is 12.3 Å². The molecule has 1 aromatic heterocycles. The summed E-state index contributed by atoms with van der Waals surface area (Å²) in [6.07, 6.45) is 2.35. The van der Waals surface area contributed by atoms with Crippen LogP contribution < -0.4 is 5.32 Å². The van der Waals surface area contributed by atoms with Crippen molar-refractivity contribution in [3.8, 4) is 0 Å². The number of pyridine rings is 1. The highest BCUT2D eigenvalue weighted by Gasteiger charge is 2.31. The Morgan fingerprint density at radius 2 is 1.93 bits per heavy atom. The molecular weight excluding hydrogens is 345 g/mol. The molecule has 1 aliphatic heterocycles. The number of carbonyl (C=O) groups is 2. The van der Waals surface area contributed by atoms with Gasteiger partial charge in [0.25, 0.3) is 0 Å². The monoisotopic (exact) mass is 363 g/mol. The molecule has 27 heavy (non-hydrogen) atoms. The second kappa shape index (κ2) is 7.15. The molecule has 1 N–H and O–H groups in total. The first-order chi connectivity index (χ1) is 13.1. The minimum atomic E-state index is -0.687. The number of aromatic nitrogens is 1. The molecule has 4 rings (SSSR count). The summed E-state index contributed by atoms with van der Waals surface area (Å²) < 4.78 is 13.4. The zero-order valence-corrected chi connectivity index (χ0v) is 14.6. The summed E-state index contributed by atoms with van der Waals surface area (Å²) >= 11 is 0. The predicted molar refractivity (Wildman–Crippen MR) is 101 cm³/mol. The molecule has 1 aliphatic rings. The quantitative estimate of drug-likeness (QED) is 0.711. The average molecular weight is 363 g/mol. The number of nitrogens with one attached hydrogen (secondary N) is 1. The van der Waals surface area contributed by atoms with Gasteiger partial charge in [-0.25, -0.2) is 4.39 Å². The molecule has 136 valence electrons. The molecule has 1 saturated heterocycles. The van der Waals surface area contributed by atoms with Crippen LogP contribution in [0.25, 0.3) is 10.9 Å². The van der Waals surface area contributed by atoms with Crippen molar-refractivity contribution in [3.05, 3.63) is 72.2 Å². The summed E-state index contributed by atoms with van der Waals surface area (Å²) in [4.78, 5) is 30.8. The van der Waals surface area contributed by atoms with Crippen LogP contribution in [0.5, 0.6) is 0 Å². The third kappa shape index (κ3) is 3.51. The molecule has 2 amide bonds. The molecule has 3 aromatic rings. The largest absolute Gasteiger partial charge is 0.334 e. The van der Waals surface area contributed by atoms with Crippen LogP contribution in [0, 0.1) is 5.82 Å². The molecule has 1 fully saturated rings. The highest BCUT2D eigenvalue weighted by atomic mass is 19.1. The van der Waals surface area contributed by atoms with E-state index in [9.17, 15) is 14.0 Å². The van der Waals surface area contributed by atoms with Crippen LogP contribution in [-0.2, 0) is 9.59 Å². The number of fused-ring (bicyclic) bond motifs is 1. The van der Waals surface area contributed by atoms with E-state index in [-0.39, 0.29) is 11.7 Å². The maximum absolute atomic E-state index is 13.4. The van der Waals surface area contributed by atoms with Crippen LogP contribution >= 0.6 is 0 Å². The molecule has 6 heteroatoms. The summed E-state index contributed by atoms with van der Waals surface area (Å²) in [5, 5.41) is 3.56. The van der Waals surface area contributed by atoms with Crippen molar-refractivity contribution in [1.82, 2.24) is 9.88 Å². The standard InChI is InChI=1S/C21H18FN3O2/c22-17-7-1-5-15(12-17)16-9-11-25(13-16)21(27)20(26)24-18-8-2-4-14-6-3-10-23-19(14)18/h1-8,10,12,16H,9,11,13H2,(H,24,26). The smallest absolute Gasteiger partial charge is 0.313 e. The maximum atomic E-state index is 13.4. The Kier molecular flexibility index (Phi) is 4.54. The van der Waals surface area contributed by atoms with Gasteiger partial charge in [0.1, 0.15) is 5.82 Å². The van der Waals surface area contributed by atoms with Gasteiger partial charge in [-0.3, -0.25) is 14.6 Å². The van der Waals surface area contributed by atoms with Crippen molar-refractivity contribution in [2.75, 3.05) is 18.4 Å². The molecule has 2 heterocycles. The van der Waals surface area contributed by atoms with Gasteiger partial charge in [0.15, 0.2) is 0 Å². The van der Waals surface area contributed by atoms with Crippen LogP contribution in [0.2, 0.25) is 0 Å². The highest BCUT2D eigenvalue weighted by molar-refractivity contribution is 6.40. The molecule has 0 aliphatic carbocycles. The number of benzene rings is 2. The number of halogens is 1. The molecule has 0 spiro atoms. The number of carbonyl (C=O) groups excluding carboxylic acids is 2. The van der Waals surface area contributed by atoms with Crippen molar-refractivity contribution in [1.29, 1.82) is 0 Å². The Labute approximate surface area is 155 Å². The Hall–Kier alpha value is -3.28. The van der Waals surface area contributed by atoms with E-state index in [1.165, 1.54) is 17.0 Å². The second-order valence-electron chi connectivity index (χ2n) is 6.63. The van der Waals surface area contributed by atoms with Gasteiger partial charge in [-0.2, -0.15) is 0 Å². The molecule has 0 saturated carbocycles. The number of hydrogen-bond acceptors (Lipinski definition) is 3. The topological polar surface area (TPSA) is 62.3 Å². The van der Waals surface area contributed by atoms with Gasteiger partial charge in [0, 0.05) is 30.6 Å². The summed E-state index contributed by atoms with van der Waals surface area (Å²) in [7, 11) is 0. The van der Waals surface area contributed by atoms with Crippen molar-refractivity contribution >= 4 is 28.4 Å². The molecule has 0 radical (unpaired) electrons. The normalized spacial score (nSPS) is 16.5. The summed E-state index contributed by atoms with van der Waals surface area (Å²) in [5.41, 5.74) is 2.00. The number of para-hydroxylation sites is 1. The van der Waals surface area contributed by atoms with Crippen LogP contribution in [-0.4, -0.2) is 34.8 Å². The Morgan fingerprint density at radius 1 is 1.11 bits per heavy atom. The van der Waals surface area contributed by atoms with Gasteiger partial charge in [0.2, 0.25) is 0 Å². The van der Waals surface area contributed by atoms with E-state index in [0.717, 1.165) is 10.9 Å². The number of likely N-dealkylation sites (tertiary alicyclic amines) is 1. The molecule has 5 nitrogen and oxygen atoms in total. The summed E-state index contributed by atoms with van der Waals surface area (Å²) in [5.74, 6) is -1.52. The molecular formula is C21H18FN3O2. The van der Waals surface area contributed by atoms with Gasteiger partial charge in [-0.1, -0.05) is 30.3 Å². The summed E-state index contributed by atoms with van der Waals surface area (Å²) in [6.45, 7) is 0.880. The van der Waals surface area contributed by atoms with E-state index in [2.05, 4.69) is 10.3 Å². The number of anilines is 1. The average Bonchev–Trinajstić information content (AvgIpc) is 3.18. The third-order valence-electron chi connectivity index (χ3n) is 4.87. The van der Waals surface area contributed by atoms with Crippen molar-refractivity contribution in [2.24, 2.45) is 0 Å². The van der Waals surface area contributed by atoms with Gasteiger partial charge >= 0.3 is 11.8 Å². The first-order valence-corrected chi connectivity index (χ1v) is 8.81. The Bertz CT molecular complexity index is 1020. The number of amides is 2. The predicted octanol–water partition coefficient (Wildman–Crippen LogP) is 3.33. The van der Waals surface area contributed by atoms with Crippen LogP contribution in [0.15, 0.2) is 60.8 Å². The van der Waals surface area contributed by atoms with E-state index >= 15 is 0 Å². The molecule has 0 bridgehead atoms. The first-order valence-electron chi connectivity index (χ1n) is 8.81. The number of rotatable bonds is 2. The van der Waals surface area contributed by atoms with Crippen LogP contribution in [0.3, 0.4) is 0 Å². The Balaban J connectivity index is 1.46. The zero-order chi connectivity index (χ0) is 18.8. The van der Waals surface area contributed by atoms with Crippen molar-refractivity contribution < 1.29 is 14.0 Å². The minimum Gasteiger partial charge on any atom is -0.334 e. The first kappa shape index (κ1) is 17.1. The lowest BCUT2D eigenvalue weighted by atomic mass is 9.98. The Morgan fingerprint density at radius 3 is 2.78 bits per heavy atom. The maximum Gasteiger partial charge on any atom is 0.313 e. The number of nitrogens with zero attached hydrogens (tertiary/aromatic N) is 2. The third-order valence-corrected chi connectivity index (χ3v) is 4.87. The zero-order valence-electron chi connectivity index (χ0n) is 14.6. The highest BCUT2D eigenvalue weighted by Crippen LogP contribution is 2.28. The fourth-order valence-electron chi connectivity index (χ4n) is 3.50. The van der Waals surface area contributed by atoms with E-state index in [1.807, 2.05) is 24.3 Å². The van der Waals surface area contributed by atoms with E-state index in [1.54, 1.807) is 24.4 Å². The lowest BCUT2D eigenvalue weighted by molar-refractivity contribution is -0.142. The second-order valence-corrected chi connectivity index (χ2v) is 6.63. The lowest BCUT2D eigenvalue weighted by Gasteiger charge is -2.16. The van der Waals surface area contributed by atoms with Gasteiger partial charge in [-0.15, -0.1) is 0 Å². The van der Waals surface area contributed by atoms with Gasteiger partial charge in [0.05, 0.1) is 11.2 Å². The summed E-state index contributed by atoms with van der Waals surface area (Å²) in [6, 6.07) is 15.5. The molecule has 1 atom stereocenters. The fraction of sp³-hybridized carbons (Fsp3) is 0.190. The van der Waals surface area contributed by atoms with Crippen LogP contribution in [0.4, 0.5) is 10.1 Å². The van der Waals surface area contributed by atoms with Crippen LogP contribution in [0.1, 0.15) is 17.9 Å².